The summed E-state index contributed by atoms with van der Waals surface area (Å²) in [6, 6.07) is -0.380. The molecule has 6 heteroatoms. The Morgan fingerprint density at radius 3 is 2.74 bits per heavy atom. The van der Waals surface area contributed by atoms with Crippen LogP contribution in [0.2, 0.25) is 0 Å². The highest BCUT2D eigenvalue weighted by Crippen LogP contribution is 2.14. The molecule has 1 heterocycles. The van der Waals surface area contributed by atoms with E-state index in [1.807, 2.05) is 0 Å². The van der Waals surface area contributed by atoms with Crippen molar-refractivity contribution in [3.8, 4) is 12.3 Å². The molecule has 0 aromatic heterocycles. The summed E-state index contributed by atoms with van der Waals surface area (Å²) in [6.07, 6.45) is 8.24. The number of carboxylic acids is 1. The van der Waals surface area contributed by atoms with E-state index in [1.165, 1.54) is 4.90 Å². The van der Waals surface area contributed by atoms with E-state index in [4.69, 9.17) is 16.3 Å². The number of carbonyl (C=O) groups excluding carboxylic acids is 1. The van der Waals surface area contributed by atoms with Gasteiger partial charge in [-0.25, -0.2) is 4.79 Å². The fraction of sp³-hybridized carbons (Fsp3) is 0.692. The number of likely N-dealkylation sites (N-methyl/N-ethyl adjacent to an activating group) is 1. The van der Waals surface area contributed by atoms with Crippen LogP contribution in [0.1, 0.15) is 19.3 Å². The zero-order valence-corrected chi connectivity index (χ0v) is 11.2. The predicted octanol–water partition coefficient (Wildman–Crippen LogP) is 0.627. The molecule has 1 atom stereocenters. The first-order valence-electron chi connectivity index (χ1n) is 6.31. The molecule has 0 radical (unpaired) electrons. The molecular formula is C13H20N2O4. The third-order valence-electron chi connectivity index (χ3n) is 2.96. The normalized spacial score (nSPS) is 18.4. The molecule has 0 bridgehead atoms. The van der Waals surface area contributed by atoms with Crippen molar-refractivity contribution in [2.24, 2.45) is 0 Å². The monoisotopic (exact) mass is 268 g/mol. The lowest BCUT2D eigenvalue weighted by atomic mass is 10.1. The van der Waals surface area contributed by atoms with E-state index in [0.29, 0.717) is 6.54 Å². The third-order valence-corrected chi connectivity index (χ3v) is 2.96. The molecule has 1 aliphatic heterocycles. The van der Waals surface area contributed by atoms with Crippen LogP contribution in [0.4, 0.5) is 4.79 Å². The molecule has 1 aliphatic rings. The number of hydrogen-bond donors (Lipinski definition) is 1. The van der Waals surface area contributed by atoms with Gasteiger partial charge in [-0.3, -0.25) is 4.79 Å². The number of amides is 2. The molecular weight excluding hydrogens is 248 g/mol. The van der Waals surface area contributed by atoms with Crippen LogP contribution in [0.15, 0.2) is 0 Å². The van der Waals surface area contributed by atoms with Crippen molar-refractivity contribution in [2.75, 3.05) is 33.3 Å². The molecule has 0 aromatic rings. The summed E-state index contributed by atoms with van der Waals surface area (Å²) >= 11 is 0. The number of ether oxygens (including phenoxy) is 1. The fourth-order valence-corrected chi connectivity index (χ4v) is 2.04. The van der Waals surface area contributed by atoms with Crippen molar-refractivity contribution in [1.29, 1.82) is 0 Å². The Bertz CT molecular complexity index is 358. The Kier molecular flexibility index (Phi) is 6.16. The van der Waals surface area contributed by atoms with Crippen molar-refractivity contribution in [3.05, 3.63) is 0 Å². The lowest BCUT2D eigenvalue weighted by molar-refractivity contribution is -0.137. The Morgan fingerprint density at radius 2 is 2.21 bits per heavy atom. The summed E-state index contributed by atoms with van der Waals surface area (Å²) < 4.78 is 5.55. The van der Waals surface area contributed by atoms with E-state index in [1.54, 1.807) is 7.05 Å². The van der Waals surface area contributed by atoms with E-state index in [9.17, 15) is 9.59 Å². The van der Waals surface area contributed by atoms with Crippen LogP contribution in [0.25, 0.3) is 0 Å². The molecule has 6 nitrogen and oxygen atoms in total. The molecule has 0 aromatic carbocycles. The number of urea groups is 1. The standard InChI is InChI=1S/C13H20N2O4/c1-3-7-15(10-12(16)17)13(18)14(2)9-11-6-4-5-8-19-11/h1,11H,4-10H2,2H3,(H,16,17). The average molecular weight is 268 g/mol. The number of hydrogen-bond acceptors (Lipinski definition) is 3. The molecule has 1 unspecified atom stereocenters. The van der Waals surface area contributed by atoms with Gasteiger partial charge in [-0.15, -0.1) is 6.42 Å². The lowest BCUT2D eigenvalue weighted by Gasteiger charge is -2.30. The molecule has 1 rings (SSSR count). The van der Waals surface area contributed by atoms with E-state index < -0.39 is 5.97 Å². The largest absolute Gasteiger partial charge is 0.480 e. The lowest BCUT2D eigenvalue weighted by Crippen LogP contribution is -2.46. The van der Waals surface area contributed by atoms with Crippen LogP contribution in [0.5, 0.6) is 0 Å². The Hall–Kier alpha value is -1.74. The van der Waals surface area contributed by atoms with Crippen molar-refractivity contribution >= 4 is 12.0 Å². The van der Waals surface area contributed by atoms with Gasteiger partial charge in [0.15, 0.2) is 0 Å². The van der Waals surface area contributed by atoms with Crippen LogP contribution in [-0.2, 0) is 9.53 Å². The number of aliphatic carboxylic acids is 1. The van der Waals surface area contributed by atoms with Crippen LogP contribution in [-0.4, -0.2) is 66.3 Å². The minimum atomic E-state index is -1.08. The Morgan fingerprint density at radius 1 is 1.47 bits per heavy atom. The summed E-state index contributed by atoms with van der Waals surface area (Å²) in [4.78, 5) is 25.4. The molecule has 1 fully saturated rings. The predicted molar refractivity (Wildman–Crippen MR) is 69.7 cm³/mol. The molecule has 0 aliphatic carbocycles. The molecule has 2 amide bonds. The van der Waals surface area contributed by atoms with Gasteiger partial charge in [-0.2, -0.15) is 0 Å². The number of nitrogens with zero attached hydrogens (tertiary/aromatic N) is 2. The molecule has 0 saturated carbocycles. The van der Waals surface area contributed by atoms with Gasteiger partial charge in [0.1, 0.15) is 6.54 Å². The van der Waals surface area contributed by atoms with Crippen LogP contribution >= 0.6 is 0 Å². The number of rotatable bonds is 5. The second-order valence-corrected chi connectivity index (χ2v) is 4.61. The third kappa shape index (κ3) is 5.18. The summed E-state index contributed by atoms with van der Waals surface area (Å²) in [6.45, 7) is 0.773. The van der Waals surface area contributed by atoms with E-state index >= 15 is 0 Å². The molecule has 0 spiro atoms. The minimum Gasteiger partial charge on any atom is -0.480 e. The topological polar surface area (TPSA) is 70.1 Å². The Labute approximate surface area is 113 Å². The van der Waals surface area contributed by atoms with Crippen molar-refractivity contribution in [3.63, 3.8) is 0 Å². The van der Waals surface area contributed by atoms with Crippen molar-refractivity contribution < 1.29 is 19.4 Å². The van der Waals surface area contributed by atoms with Crippen molar-refractivity contribution in [2.45, 2.75) is 25.4 Å². The maximum absolute atomic E-state index is 12.1. The molecule has 19 heavy (non-hydrogen) atoms. The van der Waals surface area contributed by atoms with Gasteiger partial charge in [0.2, 0.25) is 0 Å². The SMILES string of the molecule is C#CCN(CC(=O)O)C(=O)N(C)CC1CCCCO1. The summed E-state index contributed by atoms with van der Waals surface area (Å²) in [7, 11) is 1.63. The van der Waals surface area contributed by atoms with Crippen LogP contribution in [0, 0.1) is 12.3 Å². The molecule has 1 saturated heterocycles. The highest BCUT2D eigenvalue weighted by atomic mass is 16.5. The molecule has 106 valence electrons. The summed E-state index contributed by atoms with van der Waals surface area (Å²) in [5, 5.41) is 8.76. The zero-order chi connectivity index (χ0) is 14.3. The molecule has 1 N–H and O–H groups in total. The number of carboxylic acid groups (broad SMARTS) is 1. The first-order valence-corrected chi connectivity index (χ1v) is 6.31. The van der Waals surface area contributed by atoms with E-state index in [0.717, 1.165) is 30.8 Å². The van der Waals surface area contributed by atoms with E-state index in [-0.39, 0.29) is 25.2 Å². The highest BCUT2D eigenvalue weighted by molar-refractivity contribution is 5.80. The second kappa shape index (κ2) is 7.64. The smallest absolute Gasteiger partial charge is 0.323 e. The summed E-state index contributed by atoms with van der Waals surface area (Å²) in [5.41, 5.74) is 0. The number of carbonyl (C=O) groups is 2. The second-order valence-electron chi connectivity index (χ2n) is 4.61. The highest BCUT2D eigenvalue weighted by Gasteiger charge is 2.23. The van der Waals surface area contributed by atoms with Crippen molar-refractivity contribution in [1.82, 2.24) is 9.80 Å². The fourth-order valence-electron chi connectivity index (χ4n) is 2.04. The first kappa shape index (κ1) is 15.3. The Balaban J connectivity index is 2.51. The minimum absolute atomic E-state index is 0.0129. The maximum Gasteiger partial charge on any atom is 0.323 e. The van der Waals surface area contributed by atoms with E-state index in [2.05, 4.69) is 5.92 Å². The average Bonchev–Trinajstić information content (AvgIpc) is 2.38. The van der Waals surface area contributed by atoms with Gasteiger partial charge in [0.25, 0.3) is 0 Å². The maximum atomic E-state index is 12.1. The van der Waals surface area contributed by atoms with Gasteiger partial charge in [-0.05, 0) is 19.3 Å². The van der Waals surface area contributed by atoms with Crippen LogP contribution < -0.4 is 0 Å². The van der Waals surface area contributed by atoms with Gasteiger partial charge in [0, 0.05) is 20.2 Å². The van der Waals surface area contributed by atoms with Crippen LogP contribution in [0.3, 0.4) is 0 Å². The summed E-state index contributed by atoms with van der Waals surface area (Å²) in [5.74, 6) is 1.22. The van der Waals surface area contributed by atoms with Gasteiger partial charge in [-0.1, -0.05) is 5.92 Å². The zero-order valence-electron chi connectivity index (χ0n) is 11.2. The number of terminal acetylenes is 1. The van der Waals surface area contributed by atoms with Gasteiger partial charge < -0.3 is 19.6 Å². The quantitative estimate of drug-likeness (QED) is 0.742. The van der Waals surface area contributed by atoms with Gasteiger partial charge in [0.05, 0.1) is 12.6 Å². The first-order chi connectivity index (χ1) is 9.04. The van der Waals surface area contributed by atoms with Gasteiger partial charge >= 0.3 is 12.0 Å².